The summed E-state index contributed by atoms with van der Waals surface area (Å²) in [6.45, 7) is 4.36. The van der Waals surface area contributed by atoms with E-state index in [2.05, 4.69) is 22.3 Å². The van der Waals surface area contributed by atoms with Crippen molar-refractivity contribution in [1.82, 2.24) is 19.7 Å². The van der Waals surface area contributed by atoms with Gasteiger partial charge >= 0.3 is 0 Å². The zero-order valence-corrected chi connectivity index (χ0v) is 18.3. The summed E-state index contributed by atoms with van der Waals surface area (Å²) < 4.78 is 7.37. The third-order valence-electron chi connectivity index (χ3n) is 4.94. The molecule has 1 unspecified atom stereocenters. The topological polar surface area (TPSA) is 60.2 Å². The fourth-order valence-corrected chi connectivity index (χ4v) is 4.46. The quantitative estimate of drug-likeness (QED) is 0.542. The Morgan fingerprint density at radius 3 is 2.50 bits per heavy atom. The van der Waals surface area contributed by atoms with E-state index in [0.717, 1.165) is 17.1 Å². The Balaban J connectivity index is 1.61. The van der Waals surface area contributed by atoms with Crippen molar-refractivity contribution in [2.24, 2.45) is 0 Å². The minimum Gasteiger partial charge on any atom is -0.378 e. The molecule has 0 saturated carbocycles. The minimum absolute atomic E-state index is 0.0959. The van der Waals surface area contributed by atoms with Crippen LogP contribution in [-0.2, 0) is 16.0 Å². The van der Waals surface area contributed by atoms with Gasteiger partial charge in [-0.05, 0) is 36.8 Å². The van der Waals surface area contributed by atoms with Crippen LogP contribution in [0, 0.1) is 0 Å². The number of carbonyl (C=O) groups is 1. The van der Waals surface area contributed by atoms with Crippen LogP contribution in [0.25, 0.3) is 5.69 Å². The lowest BCUT2D eigenvalue weighted by Crippen LogP contribution is -2.44. The number of hydrogen-bond acceptors (Lipinski definition) is 5. The van der Waals surface area contributed by atoms with E-state index in [1.165, 1.54) is 11.8 Å². The van der Waals surface area contributed by atoms with E-state index >= 15 is 0 Å². The van der Waals surface area contributed by atoms with E-state index in [1.54, 1.807) is 0 Å². The van der Waals surface area contributed by atoms with E-state index in [-0.39, 0.29) is 11.2 Å². The van der Waals surface area contributed by atoms with Crippen molar-refractivity contribution in [1.29, 1.82) is 0 Å². The maximum atomic E-state index is 12.9. The molecule has 0 radical (unpaired) electrons. The van der Waals surface area contributed by atoms with Gasteiger partial charge in [0.2, 0.25) is 5.91 Å². The van der Waals surface area contributed by atoms with Gasteiger partial charge in [0.15, 0.2) is 5.16 Å². The summed E-state index contributed by atoms with van der Waals surface area (Å²) >= 11 is 7.51. The molecule has 0 aliphatic carbocycles. The molecule has 6 nitrogen and oxygen atoms in total. The van der Waals surface area contributed by atoms with Crippen LogP contribution in [0.5, 0.6) is 0 Å². The Hall–Kier alpha value is -2.35. The van der Waals surface area contributed by atoms with Crippen molar-refractivity contribution in [2.75, 3.05) is 26.3 Å². The summed E-state index contributed by atoms with van der Waals surface area (Å²) in [6, 6.07) is 17.7. The van der Waals surface area contributed by atoms with Crippen LogP contribution in [-0.4, -0.2) is 57.1 Å². The molecule has 1 amide bonds. The van der Waals surface area contributed by atoms with Crippen LogP contribution in [0.15, 0.2) is 59.8 Å². The van der Waals surface area contributed by atoms with Gasteiger partial charge in [0, 0.05) is 30.2 Å². The highest BCUT2D eigenvalue weighted by Gasteiger charge is 2.26. The molecule has 1 fully saturated rings. The minimum atomic E-state index is -0.275. The maximum Gasteiger partial charge on any atom is 0.236 e. The zero-order valence-electron chi connectivity index (χ0n) is 16.7. The highest BCUT2D eigenvalue weighted by molar-refractivity contribution is 8.00. The lowest BCUT2D eigenvalue weighted by molar-refractivity contribution is -0.134. The second-order valence-corrected chi connectivity index (χ2v) is 8.82. The van der Waals surface area contributed by atoms with Crippen LogP contribution in [0.2, 0.25) is 5.02 Å². The smallest absolute Gasteiger partial charge is 0.236 e. The molecule has 156 valence electrons. The first-order valence-corrected chi connectivity index (χ1v) is 11.1. The van der Waals surface area contributed by atoms with Gasteiger partial charge in [-0.25, -0.2) is 0 Å². The summed E-state index contributed by atoms with van der Waals surface area (Å²) in [4.78, 5) is 14.7. The largest absolute Gasteiger partial charge is 0.378 e. The Kier molecular flexibility index (Phi) is 6.72. The van der Waals surface area contributed by atoms with Crippen molar-refractivity contribution < 1.29 is 9.53 Å². The molecule has 0 bridgehead atoms. The molecule has 1 aliphatic heterocycles. The van der Waals surface area contributed by atoms with Crippen molar-refractivity contribution >= 4 is 29.3 Å². The van der Waals surface area contributed by atoms with Gasteiger partial charge in [-0.15, -0.1) is 10.2 Å². The van der Waals surface area contributed by atoms with Gasteiger partial charge in [-0.1, -0.05) is 53.7 Å². The van der Waals surface area contributed by atoms with Gasteiger partial charge in [-0.3, -0.25) is 9.36 Å². The Morgan fingerprint density at radius 2 is 1.80 bits per heavy atom. The average Bonchev–Trinajstić information content (AvgIpc) is 3.17. The molecule has 4 rings (SSSR count). The van der Waals surface area contributed by atoms with Crippen molar-refractivity contribution in [2.45, 2.75) is 23.8 Å². The number of amides is 1. The van der Waals surface area contributed by atoms with Crippen LogP contribution in [0.1, 0.15) is 18.3 Å². The summed E-state index contributed by atoms with van der Waals surface area (Å²) in [7, 11) is 0. The maximum absolute atomic E-state index is 12.9. The van der Waals surface area contributed by atoms with E-state index in [1.807, 2.05) is 58.9 Å². The van der Waals surface area contributed by atoms with Gasteiger partial charge in [0.1, 0.15) is 5.82 Å². The number of rotatable bonds is 6. The van der Waals surface area contributed by atoms with Gasteiger partial charge in [-0.2, -0.15) is 0 Å². The third kappa shape index (κ3) is 4.86. The first kappa shape index (κ1) is 20.9. The van der Waals surface area contributed by atoms with Gasteiger partial charge in [0.25, 0.3) is 0 Å². The monoisotopic (exact) mass is 442 g/mol. The summed E-state index contributed by atoms with van der Waals surface area (Å²) in [5.74, 6) is 0.913. The van der Waals surface area contributed by atoms with Crippen LogP contribution < -0.4 is 0 Å². The fourth-order valence-electron chi connectivity index (χ4n) is 3.37. The van der Waals surface area contributed by atoms with E-state index in [9.17, 15) is 4.79 Å². The Labute approximate surface area is 185 Å². The lowest BCUT2D eigenvalue weighted by Gasteiger charge is -2.28. The van der Waals surface area contributed by atoms with Crippen molar-refractivity contribution in [3.8, 4) is 5.69 Å². The highest BCUT2D eigenvalue weighted by atomic mass is 35.5. The number of aromatic nitrogens is 3. The zero-order chi connectivity index (χ0) is 20.9. The Morgan fingerprint density at radius 1 is 1.10 bits per heavy atom. The number of ether oxygens (including phenoxy) is 1. The second kappa shape index (κ2) is 9.64. The molecule has 1 aromatic heterocycles. The van der Waals surface area contributed by atoms with E-state index in [0.29, 0.717) is 42.9 Å². The fraction of sp³-hybridized carbons (Fsp3) is 0.318. The molecule has 0 spiro atoms. The number of benzene rings is 2. The normalized spacial score (nSPS) is 15.2. The number of thioether (sulfide) groups is 1. The number of carbonyl (C=O) groups excluding carboxylic acids is 1. The molecular formula is C22H23ClN4O2S. The number of halogens is 1. The summed E-state index contributed by atoms with van der Waals surface area (Å²) in [5, 5.41) is 9.96. The standard InChI is InChI=1S/C22H23ClN4O2S/c1-16(21(28)26-11-13-29-14-12-26)30-22-25-24-20(15-17-5-3-2-4-6-17)27(22)19-9-7-18(23)8-10-19/h2-10,16H,11-15H2,1H3. The molecule has 30 heavy (non-hydrogen) atoms. The number of nitrogens with zero attached hydrogens (tertiary/aromatic N) is 4. The lowest BCUT2D eigenvalue weighted by atomic mass is 10.1. The number of hydrogen-bond donors (Lipinski definition) is 0. The molecule has 2 heterocycles. The first-order valence-electron chi connectivity index (χ1n) is 9.89. The predicted molar refractivity (Wildman–Crippen MR) is 118 cm³/mol. The van der Waals surface area contributed by atoms with Crippen LogP contribution in [0.4, 0.5) is 0 Å². The summed E-state index contributed by atoms with van der Waals surface area (Å²) in [6.07, 6.45) is 0.642. The average molecular weight is 443 g/mol. The molecule has 8 heteroatoms. The number of morpholine rings is 1. The molecule has 0 N–H and O–H groups in total. The van der Waals surface area contributed by atoms with E-state index < -0.39 is 0 Å². The van der Waals surface area contributed by atoms with E-state index in [4.69, 9.17) is 16.3 Å². The molecular weight excluding hydrogens is 420 g/mol. The van der Waals surface area contributed by atoms with Crippen LogP contribution in [0.3, 0.4) is 0 Å². The van der Waals surface area contributed by atoms with Crippen molar-refractivity contribution in [3.63, 3.8) is 0 Å². The van der Waals surface area contributed by atoms with Crippen LogP contribution >= 0.6 is 23.4 Å². The SMILES string of the molecule is CC(Sc1nnc(Cc2ccccc2)n1-c1ccc(Cl)cc1)C(=O)N1CCOCC1. The molecule has 2 aromatic carbocycles. The second-order valence-electron chi connectivity index (χ2n) is 7.07. The molecule has 1 saturated heterocycles. The highest BCUT2D eigenvalue weighted by Crippen LogP contribution is 2.28. The molecule has 1 aliphatic rings. The summed E-state index contributed by atoms with van der Waals surface area (Å²) in [5.41, 5.74) is 2.07. The third-order valence-corrected chi connectivity index (χ3v) is 6.23. The van der Waals surface area contributed by atoms with Crippen molar-refractivity contribution in [3.05, 3.63) is 71.0 Å². The van der Waals surface area contributed by atoms with Gasteiger partial charge in [0.05, 0.1) is 18.5 Å². The molecule has 1 atom stereocenters. The predicted octanol–water partition coefficient (Wildman–Crippen LogP) is 3.85. The Bertz CT molecular complexity index is 988. The molecule has 3 aromatic rings. The first-order chi connectivity index (χ1) is 14.6. The van der Waals surface area contributed by atoms with Gasteiger partial charge < -0.3 is 9.64 Å².